The van der Waals surface area contributed by atoms with Gasteiger partial charge in [-0.1, -0.05) is 18.2 Å². The van der Waals surface area contributed by atoms with Crippen LogP contribution in [0.1, 0.15) is 15.9 Å². The van der Waals surface area contributed by atoms with Crippen molar-refractivity contribution in [3.05, 3.63) is 59.7 Å². The molecule has 0 atom stereocenters. The van der Waals surface area contributed by atoms with Gasteiger partial charge in [0.2, 0.25) is 5.91 Å². The Morgan fingerprint density at radius 2 is 1.75 bits per heavy atom. The number of hydrogen-bond acceptors (Lipinski definition) is 6. The predicted octanol–water partition coefficient (Wildman–Crippen LogP) is 0.990. The molecule has 0 saturated carbocycles. The standard InChI is InChI=1S/C19H17N3O6/c23-16(20-13-7-5-12(6-8-13)17(24)21-26)11-22-15-4-2-1-3-14(15)19(18(22)25)27-9-10-28-19/h1-8,26H,9-11H2,(H,20,23)(H,21,24). The molecule has 2 aromatic carbocycles. The van der Waals surface area contributed by atoms with Crippen molar-refractivity contribution in [2.45, 2.75) is 5.79 Å². The summed E-state index contributed by atoms with van der Waals surface area (Å²) in [6.45, 7) is 0.380. The van der Waals surface area contributed by atoms with Crippen molar-refractivity contribution in [2.24, 2.45) is 0 Å². The van der Waals surface area contributed by atoms with Crippen molar-refractivity contribution in [2.75, 3.05) is 30.0 Å². The number of fused-ring (bicyclic) bond motifs is 2. The van der Waals surface area contributed by atoms with Gasteiger partial charge in [-0.15, -0.1) is 0 Å². The maximum Gasteiger partial charge on any atom is 0.293 e. The summed E-state index contributed by atoms with van der Waals surface area (Å²) < 4.78 is 11.2. The van der Waals surface area contributed by atoms with Gasteiger partial charge in [0, 0.05) is 16.8 Å². The van der Waals surface area contributed by atoms with Crippen LogP contribution >= 0.6 is 0 Å². The molecular formula is C19H17N3O6. The van der Waals surface area contributed by atoms with Crippen molar-refractivity contribution >= 4 is 29.1 Å². The largest absolute Gasteiger partial charge is 0.336 e. The van der Waals surface area contributed by atoms with Gasteiger partial charge in [-0.05, 0) is 30.3 Å². The number of carbonyl (C=O) groups is 3. The molecule has 1 spiro atoms. The van der Waals surface area contributed by atoms with Crippen LogP contribution in [-0.4, -0.2) is 42.7 Å². The summed E-state index contributed by atoms with van der Waals surface area (Å²) in [4.78, 5) is 38.1. The van der Waals surface area contributed by atoms with Crippen molar-refractivity contribution < 1.29 is 29.1 Å². The van der Waals surface area contributed by atoms with Crippen molar-refractivity contribution in [1.82, 2.24) is 5.48 Å². The number of hydrogen-bond donors (Lipinski definition) is 3. The number of rotatable bonds is 4. The van der Waals surface area contributed by atoms with E-state index in [2.05, 4.69) is 5.32 Å². The van der Waals surface area contributed by atoms with Crippen molar-refractivity contribution in [1.29, 1.82) is 0 Å². The van der Waals surface area contributed by atoms with E-state index in [4.69, 9.17) is 14.7 Å². The van der Waals surface area contributed by atoms with Gasteiger partial charge in [-0.2, -0.15) is 0 Å². The van der Waals surface area contributed by atoms with Gasteiger partial charge in [0.1, 0.15) is 6.54 Å². The van der Waals surface area contributed by atoms with Gasteiger partial charge >= 0.3 is 0 Å². The Morgan fingerprint density at radius 3 is 2.43 bits per heavy atom. The lowest BCUT2D eigenvalue weighted by Gasteiger charge is -2.21. The quantitative estimate of drug-likeness (QED) is 0.535. The van der Waals surface area contributed by atoms with Gasteiger partial charge in [-0.25, -0.2) is 5.48 Å². The Balaban J connectivity index is 1.50. The first-order valence-corrected chi connectivity index (χ1v) is 8.59. The fourth-order valence-electron chi connectivity index (χ4n) is 3.35. The second kappa shape index (κ2) is 7.04. The average molecular weight is 383 g/mol. The molecule has 0 aliphatic carbocycles. The molecule has 0 radical (unpaired) electrons. The van der Waals surface area contributed by atoms with E-state index in [1.165, 1.54) is 34.6 Å². The lowest BCUT2D eigenvalue weighted by Crippen LogP contribution is -2.44. The van der Waals surface area contributed by atoms with E-state index in [1.54, 1.807) is 24.3 Å². The lowest BCUT2D eigenvalue weighted by molar-refractivity contribution is -0.180. The molecule has 28 heavy (non-hydrogen) atoms. The molecule has 2 aromatic rings. The first-order valence-electron chi connectivity index (χ1n) is 8.59. The molecule has 3 N–H and O–H groups in total. The highest BCUT2D eigenvalue weighted by atomic mass is 16.7. The molecule has 0 aromatic heterocycles. The molecule has 0 unspecified atom stereocenters. The number of ether oxygens (including phenoxy) is 2. The average Bonchev–Trinajstić information content (AvgIpc) is 3.29. The molecule has 9 nitrogen and oxygen atoms in total. The maximum absolute atomic E-state index is 13.0. The summed E-state index contributed by atoms with van der Waals surface area (Å²) in [5.74, 6) is -2.98. The van der Waals surface area contributed by atoms with E-state index in [-0.39, 0.29) is 12.1 Å². The van der Waals surface area contributed by atoms with Crippen molar-refractivity contribution in [3.63, 3.8) is 0 Å². The number of carbonyl (C=O) groups excluding carboxylic acids is 3. The summed E-state index contributed by atoms with van der Waals surface area (Å²) in [5.41, 5.74) is 3.37. The molecule has 0 bridgehead atoms. The van der Waals surface area contributed by atoms with Crippen LogP contribution in [0.2, 0.25) is 0 Å². The van der Waals surface area contributed by atoms with Crippen LogP contribution in [0.5, 0.6) is 0 Å². The number of nitrogens with zero attached hydrogens (tertiary/aromatic N) is 1. The highest BCUT2D eigenvalue weighted by Crippen LogP contribution is 2.45. The number of nitrogens with one attached hydrogen (secondary N) is 2. The third kappa shape index (κ3) is 2.91. The monoisotopic (exact) mass is 383 g/mol. The Bertz CT molecular complexity index is 937. The van der Waals surface area contributed by atoms with E-state index in [9.17, 15) is 14.4 Å². The van der Waals surface area contributed by atoms with Gasteiger partial charge in [0.05, 0.1) is 18.9 Å². The highest BCUT2D eigenvalue weighted by molar-refractivity contribution is 6.10. The number of anilines is 2. The van der Waals surface area contributed by atoms with Crippen molar-refractivity contribution in [3.8, 4) is 0 Å². The fraction of sp³-hybridized carbons (Fsp3) is 0.211. The molecule has 9 heteroatoms. The number of benzene rings is 2. The smallest absolute Gasteiger partial charge is 0.293 e. The SMILES string of the molecule is O=C(CN1C(=O)C2(OCCO2)c2ccccc21)Nc1ccc(C(=O)NO)cc1. The Kier molecular flexibility index (Phi) is 4.55. The Morgan fingerprint density at radius 1 is 1.07 bits per heavy atom. The van der Waals surface area contributed by atoms with Crippen LogP contribution in [0.15, 0.2) is 48.5 Å². The molecule has 144 valence electrons. The molecule has 1 saturated heterocycles. The summed E-state index contributed by atoms with van der Waals surface area (Å²) in [6.07, 6.45) is 0. The van der Waals surface area contributed by atoms with Crippen LogP contribution < -0.4 is 15.7 Å². The van der Waals surface area contributed by atoms with Crippen LogP contribution in [-0.2, 0) is 24.8 Å². The van der Waals surface area contributed by atoms with Crippen LogP contribution in [0, 0.1) is 0 Å². The maximum atomic E-state index is 13.0. The van der Waals surface area contributed by atoms with Crippen LogP contribution in [0.3, 0.4) is 0 Å². The zero-order valence-electron chi connectivity index (χ0n) is 14.7. The topological polar surface area (TPSA) is 117 Å². The lowest BCUT2D eigenvalue weighted by atomic mass is 10.1. The third-order valence-electron chi connectivity index (χ3n) is 4.60. The number of para-hydroxylation sites is 1. The predicted molar refractivity (Wildman–Crippen MR) is 96.7 cm³/mol. The highest BCUT2D eigenvalue weighted by Gasteiger charge is 2.56. The zero-order valence-corrected chi connectivity index (χ0v) is 14.7. The minimum absolute atomic E-state index is 0.219. The molecule has 2 heterocycles. The number of hydroxylamine groups is 1. The second-order valence-electron chi connectivity index (χ2n) is 6.29. The van der Waals surface area contributed by atoms with Crippen LogP contribution in [0.4, 0.5) is 11.4 Å². The molecule has 4 rings (SSSR count). The van der Waals surface area contributed by atoms with E-state index in [0.717, 1.165) is 0 Å². The fourth-order valence-corrected chi connectivity index (χ4v) is 3.35. The van der Waals surface area contributed by atoms with E-state index >= 15 is 0 Å². The molecule has 1 fully saturated rings. The van der Waals surface area contributed by atoms with E-state index < -0.39 is 23.5 Å². The van der Waals surface area contributed by atoms with E-state index in [1.807, 2.05) is 0 Å². The second-order valence-corrected chi connectivity index (χ2v) is 6.29. The molecular weight excluding hydrogens is 366 g/mol. The Labute approximate surface area is 159 Å². The summed E-state index contributed by atoms with van der Waals surface area (Å²) in [5, 5.41) is 11.3. The first kappa shape index (κ1) is 18.1. The van der Waals surface area contributed by atoms with Gasteiger partial charge in [0.15, 0.2) is 0 Å². The minimum Gasteiger partial charge on any atom is -0.336 e. The molecule has 3 amide bonds. The summed E-state index contributed by atoms with van der Waals surface area (Å²) in [7, 11) is 0. The minimum atomic E-state index is -1.48. The normalized spacial score (nSPS) is 16.9. The summed E-state index contributed by atoms with van der Waals surface area (Å²) >= 11 is 0. The van der Waals surface area contributed by atoms with Gasteiger partial charge in [-0.3, -0.25) is 24.5 Å². The first-order chi connectivity index (χ1) is 13.5. The Hall–Kier alpha value is -3.27. The van der Waals surface area contributed by atoms with E-state index in [0.29, 0.717) is 30.2 Å². The number of amides is 3. The molecule has 2 aliphatic rings. The van der Waals surface area contributed by atoms with Gasteiger partial charge < -0.3 is 14.8 Å². The molecule has 2 aliphatic heterocycles. The summed E-state index contributed by atoms with van der Waals surface area (Å²) in [6, 6.07) is 13.0. The third-order valence-corrected chi connectivity index (χ3v) is 4.60. The van der Waals surface area contributed by atoms with Gasteiger partial charge in [0.25, 0.3) is 17.6 Å². The van der Waals surface area contributed by atoms with Crippen LogP contribution in [0.25, 0.3) is 0 Å². The zero-order chi connectivity index (χ0) is 19.7.